The minimum absolute atomic E-state index is 0.288. The molecule has 2 rings (SSSR count). The first-order valence-electron chi connectivity index (χ1n) is 7.77. The van der Waals surface area contributed by atoms with Crippen LogP contribution in [0.25, 0.3) is 0 Å². The number of anilines is 1. The largest absolute Gasteiger partial charge is 0.494 e. The maximum atomic E-state index is 6.08. The van der Waals surface area contributed by atoms with Gasteiger partial charge in [-0.05, 0) is 51.7 Å². The fourth-order valence-corrected chi connectivity index (χ4v) is 2.23. The first-order valence-corrected chi connectivity index (χ1v) is 7.77. The Kier molecular flexibility index (Phi) is 5.51. The van der Waals surface area contributed by atoms with Gasteiger partial charge in [0.05, 0.1) is 11.2 Å². The van der Waals surface area contributed by atoms with Gasteiger partial charge in [-0.2, -0.15) is 0 Å². The van der Waals surface area contributed by atoms with Crippen LogP contribution < -0.4 is 10.4 Å². The van der Waals surface area contributed by atoms with Crippen molar-refractivity contribution in [3.05, 3.63) is 23.8 Å². The van der Waals surface area contributed by atoms with Gasteiger partial charge in [-0.25, -0.2) is 0 Å². The summed E-state index contributed by atoms with van der Waals surface area (Å²) in [6.45, 7) is 14.4. The van der Waals surface area contributed by atoms with Crippen LogP contribution >= 0.6 is 0 Å². The molecule has 1 heterocycles. The van der Waals surface area contributed by atoms with Gasteiger partial charge in [-0.3, -0.25) is 0 Å². The Hall–Kier alpha value is -0.995. The van der Waals surface area contributed by atoms with Crippen LogP contribution in [0, 0.1) is 6.92 Å². The van der Waals surface area contributed by atoms with Crippen molar-refractivity contribution in [2.24, 2.45) is 0 Å². The Labute approximate surface area is 130 Å². The third-order valence-corrected chi connectivity index (χ3v) is 4.24. The summed E-state index contributed by atoms with van der Waals surface area (Å²) in [5.74, 6) is 0. The van der Waals surface area contributed by atoms with E-state index in [9.17, 15) is 0 Å². The molecule has 4 heteroatoms. The number of rotatable bonds is 2. The predicted octanol–water partition coefficient (Wildman–Crippen LogP) is 3.39. The van der Waals surface area contributed by atoms with Crippen LogP contribution in [0.15, 0.2) is 18.2 Å². The number of hydrogen-bond donors (Lipinski definition) is 0. The van der Waals surface area contributed by atoms with Crippen LogP contribution in [0.1, 0.15) is 47.1 Å². The van der Waals surface area contributed by atoms with E-state index in [1.807, 2.05) is 13.8 Å². The molecular formula is C17H30BNO2. The summed E-state index contributed by atoms with van der Waals surface area (Å²) in [7, 11) is 3.82. The van der Waals surface area contributed by atoms with Gasteiger partial charge in [-0.1, -0.05) is 26.0 Å². The Morgan fingerprint density at radius 3 is 1.86 bits per heavy atom. The quantitative estimate of drug-likeness (QED) is 0.780. The van der Waals surface area contributed by atoms with Gasteiger partial charge in [0.2, 0.25) is 0 Å². The third kappa shape index (κ3) is 3.61. The second kappa shape index (κ2) is 6.41. The molecule has 1 aromatic rings. The molecule has 1 aromatic carbocycles. The maximum Gasteiger partial charge on any atom is 0.494 e. The summed E-state index contributed by atoms with van der Waals surface area (Å²) in [4.78, 5) is 2.12. The van der Waals surface area contributed by atoms with Gasteiger partial charge in [0.25, 0.3) is 0 Å². The summed E-state index contributed by atoms with van der Waals surface area (Å²) >= 11 is 0. The Morgan fingerprint density at radius 1 is 0.952 bits per heavy atom. The minimum atomic E-state index is -0.291. The van der Waals surface area contributed by atoms with Crippen molar-refractivity contribution in [2.75, 3.05) is 19.0 Å². The zero-order chi connectivity index (χ0) is 16.4. The van der Waals surface area contributed by atoms with Crippen LogP contribution in [0.2, 0.25) is 0 Å². The van der Waals surface area contributed by atoms with E-state index in [1.165, 1.54) is 11.3 Å². The number of aryl methyl sites for hydroxylation is 1. The molecule has 0 radical (unpaired) electrons. The van der Waals surface area contributed by atoms with Gasteiger partial charge in [-0.15, -0.1) is 0 Å². The molecule has 0 amide bonds. The Balaban J connectivity index is 0.00000106. The number of benzene rings is 1. The molecule has 118 valence electrons. The first-order chi connectivity index (χ1) is 9.64. The topological polar surface area (TPSA) is 21.7 Å². The van der Waals surface area contributed by atoms with Crippen LogP contribution in [0.4, 0.5) is 5.69 Å². The van der Waals surface area contributed by atoms with Crippen LogP contribution in [0.3, 0.4) is 0 Å². The van der Waals surface area contributed by atoms with Crippen molar-refractivity contribution in [1.29, 1.82) is 0 Å². The normalized spacial score (nSPS) is 19.0. The molecule has 1 saturated heterocycles. The lowest BCUT2D eigenvalue weighted by molar-refractivity contribution is 0.00578. The molecule has 0 aliphatic carbocycles. The van der Waals surface area contributed by atoms with Crippen molar-refractivity contribution in [2.45, 2.75) is 59.7 Å². The van der Waals surface area contributed by atoms with E-state index in [4.69, 9.17) is 9.31 Å². The van der Waals surface area contributed by atoms with E-state index in [1.54, 1.807) is 0 Å². The number of hydrogen-bond acceptors (Lipinski definition) is 3. The summed E-state index contributed by atoms with van der Waals surface area (Å²) in [5, 5.41) is 0. The highest BCUT2D eigenvalue weighted by atomic mass is 16.7. The monoisotopic (exact) mass is 291 g/mol. The summed E-state index contributed by atoms with van der Waals surface area (Å²) in [5.41, 5.74) is 2.95. The third-order valence-electron chi connectivity index (χ3n) is 4.24. The fourth-order valence-electron chi connectivity index (χ4n) is 2.23. The lowest BCUT2D eigenvalue weighted by Crippen LogP contribution is -2.41. The van der Waals surface area contributed by atoms with Gasteiger partial charge in [0.15, 0.2) is 0 Å². The molecule has 1 aliphatic rings. The van der Waals surface area contributed by atoms with Crippen molar-refractivity contribution in [3.8, 4) is 0 Å². The molecule has 0 bridgehead atoms. The molecule has 0 unspecified atom stereocenters. The standard InChI is InChI=1S/C15H24BNO2.C2H6/c1-11-8-9-12(10-13(11)17(6)7)16-18-14(2,3)15(4,5)19-16;1-2/h8-10H,1-7H3;1-2H3. The smallest absolute Gasteiger partial charge is 0.399 e. The summed E-state index contributed by atoms with van der Waals surface area (Å²) in [6, 6.07) is 6.36. The van der Waals surface area contributed by atoms with E-state index >= 15 is 0 Å². The second-order valence-electron chi connectivity index (χ2n) is 6.53. The van der Waals surface area contributed by atoms with Gasteiger partial charge >= 0.3 is 7.12 Å². The average Bonchev–Trinajstić information content (AvgIpc) is 2.61. The molecule has 0 spiro atoms. The number of nitrogens with zero attached hydrogens (tertiary/aromatic N) is 1. The van der Waals surface area contributed by atoms with Crippen molar-refractivity contribution in [3.63, 3.8) is 0 Å². The average molecular weight is 291 g/mol. The molecule has 3 nitrogen and oxygen atoms in total. The lowest BCUT2D eigenvalue weighted by atomic mass is 9.78. The SMILES string of the molecule is CC.Cc1ccc(B2OC(C)(C)C(C)(C)O2)cc1N(C)C. The first kappa shape index (κ1) is 18.1. The second-order valence-corrected chi connectivity index (χ2v) is 6.53. The molecule has 0 atom stereocenters. The van der Waals surface area contributed by atoms with Crippen LogP contribution in [-0.4, -0.2) is 32.4 Å². The summed E-state index contributed by atoms with van der Waals surface area (Å²) < 4.78 is 12.2. The van der Waals surface area contributed by atoms with Crippen molar-refractivity contribution >= 4 is 18.3 Å². The molecule has 1 fully saturated rings. The van der Waals surface area contributed by atoms with Crippen LogP contribution in [-0.2, 0) is 9.31 Å². The zero-order valence-corrected chi connectivity index (χ0v) is 15.1. The highest BCUT2D eigenvalue weighted by Crippen LogP contribution is 2.36. The molecule has 0 N–H and O–H groups in total. The zero-order valence-electron chi connectivity index (χ0n) is 15.1. The fraction of sp³-hybridized carbons (Fsp3) is 0.647. The predicted molar refractivity (Wildman–Crippen MR) is 92.6 cm³/mol. The van der Waals surface area contributed by atoms with Gasteiger partial charge in [0, 0.05) is 19.8 Å². The molecule has 1 aliphatic heterocycles. The van der Waals surface area contributed by atoms with Crippen LogP contribution in [0.5, 0.6) is 0 Å². The highest BCUT2D eigenvalue weighted by molar-refractivity contribution is 6.62. The van der Waals surface area contributed by atoms with Gasteiger partial charge in [0.1, 0.15) is 0 Å². The van der Waals surface area contributed by atoms with Crippen molar-refractivity contribution < 1.29 is 9.31 Å². The van der Waals surface area contributed by atoms with E-state index in [0.29, 0.717) is 0 Å². The molecule has 0 saturated carbocycles. The van der Waals surface area contributed by atoms with E-state index in [-0.39, 0.29) is 18.3 Å². The Morgan fingerprint density at radius 2 is 1.43 bits per heavy atom. The molecule has 21 heavy (non-hydrogen) atoms. The Bertz CT molecular complexity index is 468. The van der Waals surface area contributed by atoms with E-state index in [2.05, 4.69) is 71.8 Å². The van der Waals surface area contributed by atoms with Gasteiger partial charge < -0.3 is 14.2 Å². The highest BCUT2D eigenvalue weighted by Gasteiger charge is 2.51. The molecule has 0 aromatic heterocycles. The van der Waals surface area contributed by atoms with Crippen molar-refractivity contribution in [1.82, 2.24) is 0 Å². The lowest BCUT2D eigenvalue weighted by Gasteiger charge is -2.32. The maximum absolute atomic E-state index is 6.08. The van der Waals surface area contributed by atoms with E-state index in [0.717, 1.165) is 5.46 Å². The molecular weight excluding hydrogens is 261 g/mol. The van der Waals surface area contributed by atoms with E-state index < -0.39 is 0 Å². The minimum Gasteiger partial charge on any atom is -0.399 e. The summed E-state index contributed by atoms with van der Waals surface area (Å²) in [6.07, 6.45) is 0.